The first kappa shape index (κ1) is 32.6. The van der Waals surface area contributed by atoms with Gasteiger partial charge in [0.1, 0.15) is 0 Å². The molecule has 0 aliphatic carbocycles. The van der Waals surface area contributed by atoms with Crippen molar-refractivity contribution in [2.24, 2.45) is 0 Å². The maximum Gasteiger partial charge on any atom is 0.242 e. The molecule has 8 heteroatoms. The molecule has 7 nitrogen and oxygen atoms in total. The van der Waals surface area contributed by atoms with Gasteiger partial charge < -0.3 is 24.0 Å². The summed E-state index contributed by atoms with van der Waals surface area (Å²) in [4.78, 5) is 31.5. The minimum atomic E-state index is -0.0309. The lowest BCUT2D eigenvalue weighted by Gasteiger charge is -2.28. The number of methoxy groups -OCH3 is 2. The number of unbranched alkanes of at least 4 members (excludes halogenated alkanes) is 5. The van der Waals surface area contributed by atoms with Crippen LogP contribution in [0.1, 0.15) is 75.7 Å². The first-order valence-electron chi connectivity index (χ1n) is 14.4. The van der Waals surface area contributed by atoms with Crippen molar-refractivity contribution in [1.82, 2.24) is 9.80 Å². The van der Waals surface area contributed by atoms with Crippen molar-refractivity contribution in [3.8, 4) is 11.5 Å². The molecule has 0 saturated heterocycles. The predicted molar refractivity (Wildman–Crippen MR) is 159 cm³/mol. The summed E-state index contributed by atoms with van der Waals surface area (Å²) in [5, 5.41) is 2.02. The topological polar surface area (TPSA) is 68.3 Å². The van der Waals surface area contributed by atoms with Crippen LogP contribution < -0.4 is 9.47 Å². The second kappa shape index (κ2) is 19.5. The van der Waals surface area contributed by atoms with Crippen LogP contribution in [0, 0.1) is 0 Å². The average Bonchev–Trinajstić information content (AvgIpc) is 3.47. The number of ether oxygens (including phenoxy) is 3. The van der Waals surface area contributed by atoms with Gasteiger partial charge in [0.05, 0.1) is 27.3 Å². The molecule has 0 spiro atoms. The highest BCUT2D eigenvalue weighted by Crippen LogP contribution is 2.28. The second-order valence-corrected chi connectivity index (χ2v) is 10.7. The summed E-state index contributed by atoms with van der Waals surface area (Å²) >= 11 is 1.64. The molecule has 2 amide bonds. The molecule has 0 N–H and O–H groups in total. The van der Waals surface area contributed by atoms with Crippen LogP contribution >= 0.6 is 11.3 Å². The van der Waals surface area contributed by atoms with Gasteiger partial charge in [-0.2, -0.15) is 0 Å². The molecule has 0 saturated carbocycles. The van der Waals surface area contributed by atoms with Gasteiger partial charge in [-0.05, 0) is 55.3 Å². The Morgan fingerprint density at radius 3 is 2.31 bits per heavy atom. The SMILES string of the molecule is CCCCCCCCC(=O)N(CCCOCC)CC(=O)N(CCc1ccc(OC)c(OC)c1)Cc1cccs1. The molecule has 2 rings (SSSR count). The van der Waals surface area contributed by atoms with Gasteiger partial charge in [-0.15, -0.1) is 11.3 Å². The minimum absolute atomic E-state index is 0.0309. The van der Waals surface area contributed by atoms with E-state index in [4.69, 9.17) is 14.2 Å². The quantitative estimate of drug-likeness (QED) is 0.167. The van der Waals surface area contributed by atoms with E-state index in [-0.39, 0.29) is 18.4 Å². The fraction of sp³-hybridized carbons (Fsp3) is 0.613. The molecule has 1 aromatic carbocycles. The van der Waals surface area contributed by atoms with Crippen LogP contribution in [-0.4, -0.2) is 68.7 Å². The fourth-order valence-electron chi connectivity index (χ4n) is 4.45. The number of amides is 2. The summed E-state index contributed by atoms with van der Waals surface area (Å²) < 4.78 is 16.3. The first-order valence-corrected chi connectivity index (χ1v) is 15.3. The molecule has 0 bridgehead atoms. The minimum Gasteiger partial charge on any atom is -0.493 e. The Balaban J connectivity index is 2.06. The van der Waals surface area contributed by atoms with E-state index in [2.05, 4.69) is 6.92 Å². The normalized spacial score (nSPS) is 10.9. The molecular weight excluding hydrogens is 512 g/mol. The van der Waals surface area contributed by atoms with E-state index in [1.165, 1.54) is 19.3 Å². The van der Waals surface area contributed by atoms with Crippen molar-refractivity contribution in [2.45, 2.75) is 78.2 Å². The van der Waals surface area contributed by atoms with Crippen molar-refractivity contribution in [3.05, 3.63) is 46.2 Å². The van der Waals surface area contributed by atoms with Gasteiger partial charge in [-0.1, -0.05) is 51.2 Å². The van der Waals surface area contributed by atoms with Gasteiger partial charge in [-0.25, -0.2) is 0 Å². The highest BCUT2D eigenvalue weighted by atomic mass is 32.1. The number of nitrogens with zero attached hydrogens (tertiary/aromatic N) is 2. The maximum absolute atomic E-state index is 13.6. The Morgan fingerprint density at radius 1 is 0.846 bits per heavy atom. The van der Waals surface area contributed by atoms with E-state index in [1.807, 2.05) is 47.5 Å². The van der Waals surface area contributed by atoms with Crippen LogP contribution in [0.3, 0.4) is 0 Å². The summed E-state index contributed by atoms with van der Waals surface area (Å²) in [6.07, 6.45) is 8.66. The maximum atomic E-state index is 13.6. The molecule has 39 heavy (non-hydrogen) atoms. The van der Waals surface area contributed by atoms with Crippen LogP contribution in [0.25, 0.3) is 0 Å². The Labute approximate surface area is 239 Å². The zero-order valence-electron chi connectivity index (χ0n) is 24.4. The molecule has 0 atom stereocenters. The number of hydrogen-bond acceptors (Lipinski definition) is 6. The number of rotatable bonds is 21. The highest BCUT2D eigenvalue weighted by Gasteiger charge is 2.22. The zero-order valence-corrected chi connectivity index (χ0v) is 25.2. The summed E-state index contributed by atoms with van der Waals surface area (Å²) in [5.74, 6) is 1.38. The van der Waals surface area contributed by atoms with E-state index in [0.29, 0.717) is 57.2 Å². The largest absolute Gasteiger partial charge is 0.493 e. The van der Waals surface area contributed by atoms with Gasteiger partial charge in [0.15, 0.2) is 11.5 Å². The highest BCUT2D eigenvalue weighted by molar-refractivity contribution is 7.09. The molecule has 218 valence electrons. The van der Waals surface area contributed by atoms with Crippen molar-refractivity contribution >= 4 is 23.2 Å². The van der Waals surface area contributed by atoms with Gasteiger partial charge in [0, 0.05) is 37.6 Å². The van der Waals surface area contributed by atoms with E-state index >= 15 is 0 Å². The Kier molecular flexibility index (Phi) is 16.3. The van der Waals surface area contributed by atoms with Crippen molar-refractivity contribution in [3.63, 3.8) is 0 Å². The van der Waals surface area contributed by atoms with Crippen molar-refractivity contribution in [1.29, 1.82) is 0 Å². The summed E-state index contributed by atoms with van der Waals surface area (Å²) in [6, 6.07) is 9.89. The van der Waals surface area contributed by atoms with E-state index in [1.54, 1.807) is 30.5 Å². The molecule has 1 aromatic heterocycles. The smallest absolute Gasteiger partial charge is 0.242 e. The lowest BCUT2D eigenvalue weighted by atomic mass is 10.1. The van der Waals surface area contributed by atoms with E-state index in [0.717, 1.165) is 36.1 Å². The summed E-state index contributed by atoms with van der Waals surface area (Å²) in [5.41, 5.74) is 1.06. The van der Waals surface area contributed by atoms with Crippen LogP contribution in [0.5, 0.6) is 11.5 Å². The van der Waals surface area contributed by atoms with Crippen LogP contribution in [-0.2, 0) is 27.3 Å². The number of carbonyl (C=O) groups excluding carboxylic acids is 2. The molecule has 0 fully saturated rings. The van der Waals surface area contributed by atoms with Crippen LogP contribution in [0.4, 0.5) is 0 Å². The molecule has 0 aliphatic heterocycles. The Hall–Kier alpha value is -2.58. The number of thiophene rings is 1. The zero-order chi connectivity index (χ0) is 28.3. The molecule has 2 aromatic rings. The monoisotopic (exact) mass is 560 g/mol. The predicted octanol–water partition coefficient (Wildman–Crippen LogP) is 6.34. The fourth-order valence-corrected chi connectivity index (χ4v) is 5.17. The Morgan fingerprint density at radius 2 is 1.62 bits per heavy atom. The van der Waals surface area contributed by atoms with Crippen LogP contribution in [0.15, 0.2) is 35.7 Å². The summed E-state index contributed by atoms with van der Waals surface area (Å²) in [6.45, 7) is 7.11. The number of carbonyl (C=O) groups is 2. The molecule has 1 heterocycles. The van der Waals surface area contributed by atoms with Gasteiger partial charge in [0.2, 0.25) is 11.8 Å². The third-order valence-electron chi connectivity index (χ3n) is 6.74. The first-order chi connectivity index (χ1) is 19.0. The molecular formula is C31H48N2O5S. The van der Waals surface area contributed by atoms with Gasteiger partial charge >= 0.3 is 0 Å². The lowest BCUT2D eigenvalue weighted by molar-refractivity contribution is -0.141. The van der Waals surface area contributed by atoms with Crippen LogP contribution in [0.2, 0.25) is 0 Å². The number of benzene rings is 1. The Bertz CT molecular complexity index is 950. The third-order valence-corrected chi connectivity index (χ3v) is 7.60. The third kappa shape index (κ3) is 12.4. The lowest BCUT2D eigenvalue weighted by Crippen LogP contribution is -2.43. The van der Waals surface area contributed by atoms with Crippen molar-refractivity contribution < 1.29 is 23.8 Å². The van der Waals surface area contributed by atoms with E-state index < -0.39 is 0 Å². The van der Waals surface area contributed by atoms with Crippen molar-refractivity contribution in [2.75, 3.05) is 47.1 Å². The number of hydrogen-bond donors (Lipinski definition) is 0. The molecule has 0 aliphatic rings. The standard InChI is InChI=1S/C31H48N2O5S/c1-5-7-8-9-10-11-15-30(34)32(19-13-21-38-6-2)25-31(35)33(24-27-14-12-22-39-27)20-18-26-16-17-28(36-3)29(23-26)37-4/h12,14,16-17,22-23H,5-11,13,15,18-21,24-25H2,1-4H3. The molecule has 0 unspecified atom stereocenters. The second-order valence-electron chi connectivity index (χ2n) is 9.72. The average molecular weight is 561 g/mol. The van der Waals surface area contributed by atoms with Gasteiger partial charge in [0.25, 0.3) is 0 Å². The summed E-state index contributed by atoms with van der Waals surface area (Å²) in [7, 11) is 3.24. The van der Waals surface area contributed by atoms with E-state index in [9.17, 15) is 9.59 Å². The van der Waals surface area contributed by atoms with Gasteiger partial charge in [-0.3, -0.25) is 9.59 Å². The molecule has 0 radical (unpaired) electrons.